The van der Waals surface area contributed by atoms with E-state index in [0.717, 1.165) is 41.8 Å². The fourth-order valence-electron chi connectivity index (χ4n) is 3.42. The number of hydrogen-bond acceptors (Lipinski definition) is 4. The van der Waals surface area contributed by atoms with Crippen molar-refractivity contribution in [2.24, 2.45) is 5.41 Å². The molecule has 1 aliphatic heterocycles. The summed E-state index contributed by atoms with van der Waals surface area (Å²) in [6.07, 6.45) is 2.97. The van der Waals surface area contributed by atoms with Crippen molar-refractivity contribution < 1.29 is 14.6 Å². The van der Waals surface area contributed by atoms with Gasteiger partial charge in [0.15, 0.2) is 0 Å². The average molecular weight is 321 g/mol. The molecule has 0 bridgehead atoms. The van der Waals surface area contributed by atoms with Gasteiger partial charge in [-0.1, -0.05) is 13.8 Å². The molecule has 0 radical (unpaired) electrons. The zero-order valence-corrected chi connectivity index (χ0v) is 14.2. The van der Waals surface area contributed by atoms with Crippen LogP contribution in [-0.4, -0.2) is 37.9 Å². The molecule has 2 aliphatic rings. The van der Waals surface area contributed by atoms with Crippen LogP contribution in [0.2, 0.25) is 0 Å². The van der Waals surface area contributed by atoms with Crippen LogP contribution in [0.25, 0.3) is 5.57 Å². The minimum atomic E-state index is -0.798. The lowest BCUT2D eigenvalue weighted by atomic mass is 9.76. The topological polar surface area (TPSA) is 58.6 Å². The van der Waals surface area contributed by atoms with Gasteiger partial charge in [-0.2, -0.15) is 0 Å². The van der Waals surface area contributed by atoms with Crippen LogP contribution in [0.15, 0.2) is 5.57 Å². The van der Waals surface area contributed by atoms with Crippen molar-refractivity contribution in [3.05, 3.63) is 26.5 Å². The van der Waals surface area contributed by atoms with Gasteiger partial charge in [0.25, 0.3) is 0 Å². The highest BCUT2D eigenvalue weighted by atomic mass is 32.1. The summed E-state index contributed by atoms with van der Waals surface area (Å²) in [6, 6.07) is 0. The number of aryl methyl sites for hydroxylation is 1. The van der Waals surface area contributed by atoms with Gasteiger partial charge in [0.1, 0.15) is 0 Å². The van der Waals surface area contributed by atoms with Gasteiger partial charge in [-0.15, -0.1) is 11.3 Å². The van der Waals surface area contributed by atoms with Crippen molar-refractivity contribution >= 4 is 22.9 Å². The summed E-state index contributed by atoms with van der Waals surface area (Å²) < 4.78 is 5.58. The number of likely N-dealkylation sites (N-methyl/N-ethyl adjacent to an activating group) is 1. The van der Waals surface area contributed by atoms with Crippen LogP contribution < -0.4 is 5.32 Å². The zero-order chi connectivity index (χ0) is 15.9. The monoisotopic (exact) mass is 321 g/mol. The highest BCUT2D eigenvalue weighted by Gasteiger charge is 2.34. The molecule has 0 amide bonds. The number of carboxylic acid groups (broad SMARTS) is 1. The second-order valence-electron chi connectivity index (χ2n) is 6.96. The number of ether oxygens (including phenoxy) is 1. The SMILES string of the molecule is CNCC1=C(c2sc3c(c2C(=O)O)CC(C)(C)CC3)COC1. The second-order valence-corrected chi connectivity index (χ2v) is 8.06. The standard InChI is InChI=1S/C17H23NO3S/c1-17(2)5-4-13-11(6-17)14(16(19)20)15(22-13)12-9-21-8-10(12)7-18-3/h18H,4-9H2,1-3H3,(H,19,20). The Morgan fingerprint density at radius 3 is 2.86 bits per heavy atom. The molecule has 4 nitrogen and oxygen atoms in total. The Balaban J connectivity index is 2.12. The third kappa shape index (κ3) is 2.73. The maximum Gasteiger partial charge on any atom is 0.337 e. The molecule has 2 N–H and O–H groups in total. The molecule has 22 heavy (non-hydrogen) atoms. The van der Waals surface area contributed by atoms with Crippen molar-refractivity contribution in [3.63, 3.8) is 0 Å². The van der Waals surface area contributed by atoms with E-state index in [2.05, 4.69) is 19.2 Å². The maximum absolute atomic E-state index is 11.9. The molecule has 3 rings (SSSR count). The highest BCUT2D eigenvalue weighted by Crippen LogP contribution is 2.44. The molecular formula is C17H23NO3S. The van der Waals surface area contributed by atoms with Crippen molar-refractivity contribution in [1.29, 1.82) is 0 Å². The number of rotatable bonds is 4. The van der Waals surface area contributed by atoms with E-state index < -0.39 is 5.97 Å². The molecular weight excluding hydrogens is 298 g/mol. The molecule has 1 aliphatic carbocycles. The van der Waals surface area contributed by atoms with Crippen LogP contribution in [0, 0.1) is 5.41 Å². The first kappa shape index (κ1) is 15.7. The van der Waals surface area contributed by atoms with Crippen molar-refractivity contribution in [2.75, 3.05) is 26.8 Å². The number of hydrogen-bond donors (Lipinski definition) is 2. The summed E-state index contributed by atoms with van der Waals surface area (Å²) in [5.74, 6) is -0.798. The van der Waals surface area contributed by atoms with Gasteiger partial charge in [0.05, 0.1) is 18.8 Å². The summed E-state index contributed by atoms with van der Waals surface area (Å²) in [7, 11) is 1.91. The van der Waals surface area contributed by atoms with Gasteiger partial charge in [0, 0.05) is 16.3 Å². The van der Waals surface area contributed by atoms with Gasteiger partial charge < -0.3 is 15.2 Å². The van der Waals surface area contributed by atoms with E-state index in [1.54, 1.807) is 11.3 Å². The first-order valence-corrected chi connectivity index (χ1v) is 8.56. The zero-order valence-electron chi connectivity index (χ0n) is 13.4. The van der Waals surface area contributed by atoms with E-state index in [-0.39, 0.29) is 5.41 Å². The lowest BCUT2D eigenvalue weighted by Crippen LogP contribution is -2.22. The van der Waals surface area contributed by atoms with Crippen molar-refractivity contribution in [1.82, 2.24) is 5.32 Å². The number of aromatic carboxylic acids is 1. The van der Waals surface area contributed by atoms with E-state index in [9.17, 15) is 9.90 Å². The molecule has 0 aromatic carbocycles. The van der Waals surface area contributed by atoms with Crippen molar-refractivity contribution in [3.8, 4) is 0 Å². The molecule has 2 heterocycles. The summed E-state index contributed by atoms with van der Waals surface area (Å²) in [4.78, 5) is 14.1. The Morgan fingerprint density at radius 2 is 2.18 bits per heavy atom. The molecule has 0 spiro atoms. The minimum absolute atomic E-state index is 0.184. The third-order valence-corrected chi connectivity index (χ3v) is 5.95. The summed E-state index contributed by atoms with van der Waals surface area (Å²) in [5, 5.41) is 12.9. The summed E-state index contributed by atoms with van der Waals surface area (Å²) in [5.41, 5.74) is 4.05. The largest absolute Gasteiger partial charge is 0.478 e. The van der Waals surface area contributed by atoms with Crippen LogP contribution in [0.4, 0.5) is 0 Å². The highest BCUT2D eigenvalue weighted by molar-refractivity contribution is 7.13. The first-order valence-electron chi connectivity index (χ1n) is 7.74. The summed E-state index contributed by atoms with van der Waals surface area (Å²) >= 11 is 1.67. The molecule has 1 aromatic heterocycles. The van der Waals surface area contributed by atoms with Gasteiger partial charge in [0.2, 0.25) is 0 Å². The molecule has 120 valence electrons. The Hall–Kier alpha value is -1.17. The van der Waals surface area contributed by atoms with E-state index in [1.165, 1.54) is 10.5 Å². The number of carboxylic acids is 1. The Labute approximate surface area is 135 Å². The molecule has 0 fully saturated rings. The van der Waals surface area contributed by atoms with Gasteiger partial charge in [-0.05, 0) is 48.4 Å². The quantitative estimate of drug-likeness (QED) is 0.895. The van der Waals surface area contributed by atoms with Crippen LogP contribution in [0.1, 0.15) is 45.9 Å². The normalized spacial score (nSPS) is 20.3. The number of thiophene rings is 1. The lowest BCUT2D eigenvalue weighted by molar-refractivity contribution is 0.0695. The van der Waals surface area contributed by atoms with E-state index in [4.69, 9.17) is 4.74 Å². The van der Waals surface area contributed by atoms with E-state index >= 15 is 0 Å². The van der Waals surface area contributed by atoms with Gasteiger partial charge in [-0.25, -0.2) is 4.79 Å². The van der Waals surface area contributed by atoms with Crippen LogP contribution >= 0.6 is 11.3 Å². The number of nitrogens with one attached hydrogen (secondary N) is 1. The summed E-state index contributed by atoms with van der Waals surface area (Å²) in [6.45, 7) is 6.33. The predicted molar refractivity (Wildman–Crippen MR) is 88.8 cm³/mol. The molecule has 0 saturated carbocycles. The number of fused-ring (bicyclic) bond motifs is 1. The fourth-order valence-corrected chi connectivity index (χ4v) is 4.81. The Kier molecular flexibility index (Phi) is 4.14. The number of carbonyl (C=O) groups is 1. The Morgan fingerprint density at radius 1 is 1.41 bits per heavy atom. The molecule has 0 saturated heterocycles. The molecule has 1 aromatic rings. The minimum Gasteiger partial charge on any atom is -0.478 e. The van der Waals surface area contributed by atoms with Crippen LogP contribution in [0.5, 0.6) is 0 Å². The van der Waals surface area contributed by atoms with Crippen molar-refractivity contribution in [2.45, 2.75) is 33.1 Å². The van der Waals surface area contributed by atoms with Crippen LogP contribution in [-0.2, 0) is 17.6 Å². The fraction of sp³-hybridized carbons (Fsp3) is 0.588. The second kappa shape index (κ2) is 5.80. The smallest absolute Gasteiger partial charge is 0.337 e. The Bertz CT molecular complexity index is 643. The first-order chi connectivity index (χ1) is 10.4. The predicted octanol–water partition coefficient (Wildman–Crippen LogP) is 2.96. The van der Waals surface area contributed by atoms with Gasteiger partial charge >= 0.3 is 5.97 Å². The average Bonchev–Trinajstić information content (AvgIpc) is 3.01. The van der Waals surface area contributed by atoms with Gasteiger partial charge in [-0.3, -0.25) is 0 Å². The maximum atomic E-state index is 11.9. The molecule has 0 unspecified atom stereocenters. The molecule has 5 heteroatoms. The lowest BCUT2D eigenvalue weighted by Gasteiger charge is -2.29. The third-order valence-electron chi connectivity index (χ3n) is 4.60. The van der Waals surface area contributed by atoms with E-state index in [1.807, 2.05) is 7.05 Å². The van der Waals surface area contributed by atoms with E-state index in [0.29, 0.717) is 18.8 Å². The molecule has 0 atom stereocenters. The van der Waals surface area contributed by atoms with Crippen LogP contribution in [0.3, 0.4) is 0 Å².